The van der Waals surface area contributed by atoms with E-state index in [1.165, 1.54) is 4.88 Å². The zero-order valence-corrected chi connectivity index (χ0v) is 18.9. The second-order valence-corrected chi connectivity index (χ2v) is 8.58. The zero-order chi connectivity index (χ0) is 20.5. The van der Waals surface area contributed by atoms with Crippen molar-refractivity contribution in [2.24, 2.45) is 0 Å². The lowest BCUT2D eigenvalue weighted by molar-refractivity contribution is -0.131. The minimum absolute atomic E-state index is 0.0338. The highest BCUT2D eigenvalue weighted by molar-refractivity contribution is 9.10. The Hall–Kier alpha value is -2.52. The first-order chi connectivity index (χ1) is 14.0. The van der Waals surface area contributed by atoms with E-state index in [-0.39, 0.29) is 12.5 Å². The predicted octanol–water partition coefficient (Wildman–Crippen LogP) is 4.11. The van der Waals surface area contributed by atoms with Gasteiger partial charge < -0.3 is 4.90 Å². The van der Waals surface area contributed by atoms with Crippen molar-refractivity contribution in [1.82, 2.24) is 29.4 Å². The molecule has 4 aromatic heterocycles. The Morgan fingerprint density at radius 2 is 2.14 bits per heavy atom. The molecule has 0 aliphatic carbocycles. The van der Waals surface area contributed by atoms with Gasteiger partial charge in [-0.2, -0.15) is 10.2 Å². The molecule has 4 heterocycles. The number of carbonyl (C=O) groups is 1. The van der Waals surface area contributed by atoms with E-state index in [0.29, 0.717) is 6.54 Å². The normalized spacial score (nSPS) is 11.3. The molecule has 0 saturated carbocycles. The Bertz CT molecular complexity index is 1160. The highest BCUT2D eigenvalue weighted by atomic mass is 79.9. The van der Waals surface area contributed by atoms with E-state index in [9.17, 15) is 4.79 Å². The van der Waals surface area contributed by atoms with Crippen molar-refractivity contribution in [3.8, 4) is 10.4 Å². The molecule has 4 rings (SSSR count). The smallest absolute Gasteiger partial charge is 0.244 e. The van der Waals surface area contributed by atoms with Crippen LogP contribution in [0.15, 0.2) is 40.4 Å². The number of halogens is 1. The van der Waals surface area contributed by atoms with Crippen molar-refractivity contribution in [3.05, 3.63) is 51.8 Å². The third kappa shape index (κ3) is 3.72. The molecule has 0 fully saturated rings. The third-order valence-corrected chi connectivity index (χ3v) is 6.46. The topological polar surface area (TPSA) is 68.8 Å². The van der Waals surface area contributed by atoms with Crippen LogP contribution < -0.4 is 0 Å². The van der Waals surface area contributed by atoms with Crippen LogP contribution in [-0.2, 0) is 24.4 Å². The van der Waals surface area contributed by atoms with Crippen LogP contribution in [0.5, 0.6) is 0 Å². The first-order valence-electron chi connectivity index (χ1n) is 9.29. The van der Waals surface area contributed by atoms with Gasteiger partial charge in [0, 0.05) is 30.2 Å². The minimum Gasteiger partial charge on any atom is -0.338 e. The largest absolute Gasteiger partial charge is 0.338 e. The number of amides is 1. The lowest BCUT2D eigenvalue weighted by atomic mass is 10.1. The summed E-state index contributed by atoms with van der Waals surface area (Å²) in [4.78, 5) is 20.3. The lowest BCUT2D eigenvalue weighted by Crippen LogP contribution is -2.31. The van der Waals surface area contributed by atoms with Crippen LogP contribution >= 0.6 is 27.3 Å². The van der Waals surface area contributed by atoms with Crippen LogP contribution in [0.25, 0.3) is 21.5 Å². The average Bonchev–Trinajstić information content (AvgIpc) is 3.43. The average molecular weight is 473 g/mol. The molecule has 0 aliphatic rings. The number of likely N-dealkylation sites (N-methyl/N-ethyl adjacent to an activating group) is 1. The molecule has 29 heavy (non-hydrogen) atoms. The van der Waals surface area contributed by atoms with Gasteiger partial charge in [0.25, 0.3) is 0 Å². The summed E-state index contributed by atoms with van der Waals surface area (Å²) >= 11 is 5.20. The molecule has 0 aliphatic heterocycles. The monoisotopic (exact) mass is 472 g/mol. The molecule has 0 N–H and O–H groups in total. The van der Waals surface area contributed by atoms with Crippen LogP contribution in [0.1, 0.15) is 18.3 Å². The number of hydrogen-bond donors (Lipinski definition) is 0. The summed E-state index contributed by atoms with van der Waals surface area (Å²) in [6, 6.07) is 6.12. The van der Waals surface area contributed by atoms with Crippen molar-refractivity contribution in [2.75, 3.05) is 7.05 Å². The second kappa shape index (κ2) is 8.08. The quantitative estimate of drug-likeness (QED) is 0.423. The summed E-state index contributed by atoms with van der Waals surface area (Å²) in [5.74, 6) is -0.0338. The summed E-state index contributed by atoms with van der Waals surface area (Å²) < 4.78 is 4.49. The zero-order valence-electron chi connectivity index (χ0n) is 16.5. The van der Waals surface area contributed by atoms with Crippen molar-refractivity contribution in [2.45, 2.75) is 33.5 Å². The summed E-state index contributed by atoms with van der Waals surface area (Å²) in [6.45, 7) is 5.35. The van der Waals surface area contributed by atoms with Crippen molar-refractivity contribution >= 4 is 44.2 Å². The summed E-state index contributed by atoms with van der Waals surface area (Å²) in [5, 5.41) is 12.0. The fourth-order valence-corrected chi connectivity index (χ4v) is 4.59. The van der Waals surface area contributed by atoms with E-state index >= 15 is 0 Å². The molecule has 0 radical (unpaired) electrons. The maximum absolute atomic E-state index is 12.9. The Morgan fingerprint density at radius 3 is 2.86 bits per heavy atom. The minimum atomic E-state index is -0.0338. The van der Waals surface area contributed by atoms with E-state index in [1.54, 1.807) is 40.4 Å². The maximum atomic E-state index is 12.9. The number of fused-ring (bicyclic) bond motifs is 1. The van der Waals surface area contributed by atoms with Crippen LogP contribution in [0.4, 0.5) is 0 Å². The van der Waals surface area contributed by atoms with Crippen molar-refractivity contribution < 1.29 is 4.79 Å². The third-order valence-electron chi connectivity index (χ3n) is 4.89. The Balaban J connectivity index is 1.60. The van der Waals surface area contributed by atoms with Crippen LogP contribution in [-0.4, -0.2) is 42.4 Å². The van der Waals surface area contributed by atoms with E-state index in [4.69, 9.17) is 0 Å². The number of rotatable bonds is 6. The van der Waals surface area contributed by atoms with Gasteiger partial charge in [-0.05, 0) is 47.3 Å². The van der Waals surface area contributed by atoms with Gasteiger partial charge in [-0.1, -0.05) is 6.07 Å². The molecule has 0 spiro atoms. The Labute approximate surface area is 181 Å². The van der Waals surface area contributed by atoms with Gasteiger partial charge in [-0.15, -0.1) is 11.3 Å². The molecule has 0 saturated heterocycles. The summed E-state index contributed by atoms with van der Waals surface area (Å²) in [7, 11) is 1.80. The van der Waals surface area contributed by atoms with Gasteiger partial charge in [0.2, 0.25) is 5.91 Å². The number of aromatic nitrogens is 5. The fraction of sp³-hybridized carbons (Fsp3) is 0.300. The highest BCUT2D eigenvalue weighted by Gasteiger charge is 2.19. The van der Waals surface area contributed by atoms with Gasteiger partial charge >= 0.3 is 0 Å². The number of carbonyl (C=O) groups excluding carboxylic acids is 1. The van der Waals surface area contributed by atoms with E-state index < -0.39 is 0 Å². The number of aryl methyl sites for hydroxylation is 2. The van der Waals surface area contributed by atoms with E-state index in [2.05, 4.69) is 42.6 Å². The number of hydrogen-bond acceptors (Lipinski definition) is 5. The number of thiophene rings is 1. The molecule has 7 nitrogen and oxygen atoms in total. The van der Waals surface area contributed by atoms with Crippen LogP contribution in [0, 0.1) is 6.92 Å². The number of pyridine rings is 1. The number of nitrogens with zero attached hydrogens (tertiary/aromatic N) is 6. The van der Waals surface area contributed by atoms with Gasteiger partial charge in [-0.3, -0.25) is 9.48 Å². The Morgan fingerprint density at radius 1 is 1.31 bits per heavy atom. The molecule has 9 heteroatoms. The SMILES string of the molecule is CCn1ncc(Br)c1CN(C)C(=O)Cn1nc(C)c2c(-c3cccs3)ccnc21. The summed E-state index contributed by atoms with van der Waals surface area (Å²) in [5.41, 5.74) is 3.68. The molecule has 0 aromatic carbocycles. The molecular weight excluding hydrogens is 452 g/mol. The fourth-order valence-electron chi connectivity index (χ4n) is 3.41. The first kappa shape index (κ1) is 19.8. The van der Waals surface area contributed by atoms with E-state index in [1.807, 2.05) is 30.7 Å². The lowest BCUT2D eigenvalue weighted by Gasteiger charge is -2.18. The van der Waals surface area contributed by atoms with Gasteiger partial charge in [0.15, 0.2) is 5.65 Å². The van der Waals surface area contributed by atoms with Crippen molar-refractivity contribution in [1.29, 1.82) is 0 Å². The predicted molar refractivity (Wildman–Crippen MR) is 118 cm³/mol. The standard InChI is InChI=1S/C20H21BrN6OS/c1-4-26-16(15(21)10-23-26)11-25(3)18(28)12-27-20-19(13(2)24-27)14(7-8-22-20)17-6-5-9-29-17/h5-10H,4,11-12H2,1-3H3. The summed E-state index contributed by atoms with van der Waals surface area (Å²) in [6.07, 6.45) is 3.54. The molecular formula is C20H21BrN6OS. The van der Waals surface area contributed by atoms with Gasteiger partial charge in [0.05, 0.1) is 34.0 Å². The molecule has 0 atom stereocenters. The second-order valence-electron chi connectivity index (χ2n) is 6.78. The van der Waals surface area contributed by atoms with Crippen molar-refractivity contribution in [3.63, 3.8) is 0 Å². The van der Waals surface area contributed by atoms with Gasteiger partial charge in [-0.25, -0.2) is 9.67 Å². The van der Waals surface area contributed by atoms with Crippen LogP contribution in [0.3, 0.4) is 0 Å². The Kier molecular flexibility index (Phi) is 5.51. The molecule has 0 bridgehead atoms. The maximum Gasteiger partial charge on any atom is 0.244 e. The van der Waals surface area contributed by atoms with Gasteiger partial charge in [0.1, 0.15) is 6.54 Å². The molecule has 150 valence electrons. The molecule has 0 unspecified atom stereocenters. The van der Waals surface area contributed by atoms with Crippen LogP contribution in [0.2, 0.25) is 0 Å². The highest BCUT2D eigenvalue weighted by Crippen LogP contribution is 2.32. The molecule has 4 aromatic rings. The molecule has 1 amide bonds. The van der Waals surface area contributed by atoms with E-state index in [0.717, 1.165) is 39.0 Å². The first-order valence-corrected chi connectivity index (χ1v) is 11.0.